The summed E-state index contributed by atoms with van der Waals surface area (Å²) in [6.45, 7) is 16.2. The van der Waals surface area contributed by atoms with Gasteiger partial charge in [0.2, 0.25) is 35.4 Å². The van der Waals surface area contributed by atoms with Gasteiger partial charge in [0.1, 0.15) is 35.2 Å². The molecular weight excluding hydrogens is 1080 g/mol. The van der Waals surface area contributed by atoms with Crippen LogP contribution in [0.25, 0.3) is 0 Å². The molecule has 2 aromatic rings. The lowest BCUT2D eigenvalue weighted by Crippen LogP contribution is -2.58. The number of hydrogen-bond acceptors (Lipinski definition) is 18. The monoisotopic (exact) mass is 1180 g/mol. The third kappa shape index (κ3) is 26.5. The van der Waals surface area contributed by atoms with Crippen LogP contribution in [0.3, 0.4) is 0 Å². The van der Waals surface area contributed by atoms with Crippen LogP contribution in [0.1, 0.15) is 127 Å². The number of benzene rings is 1. The van der Waals surface area contributed by atoms with Crippen molar-refractivity contribution in [1.29, 1.82) is 0 Å². The molecule has 462 valence electrons. The van der Waals surface area contributed by atoms with Gasteiger partial charge in [-0.25, -0.2) is 15.2 Å². The van der Waals surface area contributed by atoms with E-state index < -0.39 is 59.7 Å². The van der Waals surface area contributed by atoms with Crippen molar-refractivity contribution in [3.05, 3.63) is 45.9 Å². The topological polar surface area (TPSA) is 333 Å². The number of nitrogens with one attached hydrogen (secondary N) is 7. The van der Waals surface area contributed by atoms with Crippen molar-refractivity contribution in [2.75, 3.05) is 99.2 Å². The average Bonchev–Trinajstić information content (AvgIpc) is 4.16. The van der Waals surface area contributed by atoms with Crippen LogP contribution in [-0.2, 0) is 58.9 Å². The number of carbonyl (C=O) groups excluding carboxylic acids is 8. The highest BCUT2D eigenvalue weighted by molar-refractivity contribution is 7.09. The third-order valence-corrected chi connectivity index (χ3v) is 14.7. The largest absolute Gasteiger partial charge is 0.508 e. The summed E-state index contributed by atoms with van der Waals surface area (Å²) in [6.07, 6.45) is 4.30. The molecule has 2 heterocycles. The number of likely N-dealkylation sites (tertiary alicyclic amines) is 1. The lowest BCUT2D eigenvalue weighted by atomic mass is 9.92. The zero-order valence-electron chi connectivity index (χ0n) is 49.4. The molecule has 10 N–H and O–H groups in total. The first-order chi connectivity index (χ1) is 39.3. The molecule has 7 unspecified atom stereocenters. The number of carbonyl (C=O) groups is 8. The minimum Gasteiger partial charge on any atom is -0.508 e. The van der Waals surface area contributed by atoms with Gasteiger partial charge in [0, 0.05) is 49.5 Å². The van der Waals surface area contributed by atoms with Crippen LogP contribution in [0, 0.1) is 17.8 Å². The molecule has 0 radical (unpaired) electrons. The number of piperidine rings is 1. The van der Waals surface area contributed by atoms with Crippen molar-refractivity contribution in [3.8, 4) is 5.75 Å². The highest BCUT2D eigenvalue weighted by Gasteiger charge is 2.38. The van der Waals surface area contributed by atoms with E-state index in [1.54, 1.807) is 24.4 Å². The van der Waals surface area contributed by atoms with Crippen molar-refractivity contribution in [1.82, 2.24) is 52.2 Å². The lowest BCUT2D eigenvalue weighted by molar-refractivity contribution is -0.143. The maximum atomic E-state index is 14.8. The van der Waals surface area contributed by atoms with Crippen molar-refractivity contribution in [2.24, 2.45) is 23.5 Å². The van der Waals surface area contributed by atoms with E-state index in [4.69, 9.17) is 34.4 Å². The number of phenolic OH excluding ortho intramolecular Hbond substituents is 1. The standard InChI is InChI=1S/C56H93N11O14S/c1-9-20-67(55(75)50(38(6)11-3)63-53(74)44-14-12-13-21-66(44)8)45(37(4)5)32-46(80-22-10-2)54-62-43(36-82-54)52(73)61-41(31-40-15-17-42(68)18-16-40)30-39(7)51(72)64-65-56(76)81-29-28-79-27-26-78-25-24-77-23-19-58-48(70)34-60-49(71)35-59-47(69)33-57/h15-18,36-39,41,44-46,50,68H,9-14,19-35,57H2,1-8H3,(H,58,70)(H,59,69)(H,60,71)(H,61,73)(H,63,74)(H,64,72)(H,65,76). The molecule has 82 heavy (non-hydrogen) atoms. The number of amides is 8. The van der Waals surface area contributed by atoms with Gasteiger partial charge >= 0.3 is 6.09 Å². The molecule has 0 aliphatic carbocycles. The number of aromatic nitrogens is 1. The number of nitrogens with two attached hydrogens (primary N) is 1. The van der Waals surface area contributed by atoms with Crippen LogP contribution < -0.4 is 43.2 Å². The second-order valence-electron chi connectivity index (χ2n) is 20.7. The molecule has 1 aromatic carbocycles. The highest BCUT2D eigenvalue weighted by Crippen LogP contribution is 2.32. The van der Waals surface area contributed by atoms with Gasteiger partial charge in [-0.15, -0.1) is 11.3 Å². The van der Waals surface area contributed by atoms with Gasteiger partial charge in [0.25, 0.3) is 5.91 Å². The Morgan fingerprint density at radius 2 is 1.44 bits per heavy atom. The fraction of sp³-hybridized carbons (Fsp3) is 0.696. The van der Waals surface area contributed by atoms with E-state index in [1.165, 1.54) is 23.5 Å². The van der Waals surface area contributed by atoms with Crippen molar-refractivity contribution in [3.63, 3.8) is 0 Å². The van der Waals surface area contributed by atoms with Gasteiger partial charge in [-0.1, -0.05) is 73.4 Å². The smallest absolute Gasteiger partial charge is 0.426 e. The Morgan fingerprint density at radius 1 is 0.793 bits per heavy atom. The van der Waals surface area contributed by atoms with E-state index in [0.717, 1.165) is 37.8 Å². The molecule has 7 atom stereocenters. The Morgan fingerprint density at radius 3 is 2.06 bits per heavy atom. The van der Waals surface area contributed by atoms with Gasteiger partial charge in [-0.3, -0.25) is 43.9 Å². The van der Waals surface area contributed by atoms with Crippen LogP contribution in [0.2, 0.25) is 0 Å². The normalized spacial score (nSPS) is 15.7. The molecule has 1 saturated heterocycles. The molecule has 0 saturated carbocycles. The number of rotatable bonds is 39. The lowest BCUT2D eigenvalue weighted by Gasteiger charge is -2.40. The Kier molecular flexibility index (Phi) is 33.8. The van der Waals surface area contributed by atoms with Crippen molar-refractivity contribution < 1.29 is 67.1 Å². The predicted molar refractivity (Wildman–Crippen MR) is 308 cm³/mol. The minimum atomic E-state index is -0.910. The number of hydrogen-bond donors (Lipinski definition) is 9. The highest BCUT2D eigenvalue weighted by atomic mass is 32.1. The Balaban J connectivity index is 1.52. The number of phenols is 1. The van der Waals surface area contributed by atoms with E-state index in [2.05, 4.69) is 56.2 Å². The number of likely N-dealkylation sites (N-methyl/N-ethyl adjacent to an activating group) is 1. The molecule has 1 aromatic heterocycles. The maximum absolute atomic E-state index is 14.8. The minimum absolute atomic E-state index is 0.00796. The van der Waals surface area contributed by atoms with Crippen LogP contribution in [0.5, 0.6) is 5.75 Å². The fourth-order valence-electron chi connectivity index (χ4n) is 8.94. The molecule has 25 nitrogen and oxygen atoms in total. The summed E-state index contributed by atoms with van der Waals surface area (Å²) in [5.41, 5.74) is 10.7. The van der Waals surface area contributed by atoms with E-state index >= 15 is 0 Å². The summed E-state index contributed by atoms with van der Waals surface area (Å²) in [4.78, 5) is 112. The number of ether oxygens (including phenoxy) is 5. The average molecular weight is 1180 g/mol. The number of hydrazine groups is 1. The molecule has 1 aliphatic heterocycles. The first kappa shape index (κ1) is 70.2. The third-order valence-electron chi connectivity index (χ3n) is 13.8. The van der Waals surface area contributed by atoms with E-state index in [0.29, 0.717) is 43.8 Å². The van der Waals surface area contributed by atoms with Crippen molar-refractivity contribution >= 4 is 58.8 Å². The van der Waals surface area contributed by atoms with Crippen LogP contribution >= 0.6 is 11.3 Å². The Labute approximate surface area is 487 Å². The van der Waals surface area contributed by atoms with Crippen LogP contribution in [0.4, 0.5) is 4.79 Å². The molecule has 1 aliphatic rings. The van der Waals surface area contributed by atoms with Crippen LogP contribution in [0.15, 0.2) is 29.6 Å². The fourth-order valence-corrected chi connectivity index (χ4v) is 9.80. The zero-order chi connectivity index (χ0) is 60.4. The second-order valence-corrected chi connectivity index (χ2v) is 21.6. The first-order valence-electron chi connectivity index (χ1n) is 28.7. The van der Waals surface area contributed by atoms with E-state index in [9.17, 15) is 43.5 Å². The summed E-state index contributed by atoms with van der Waals surface area (Å²) >= 11 is 1.29. The van der Waals surface area contributed by atoms with E-state index in [1.807, 2.05) is 39.6 Å². The maximum Gasteiger partial charge on any atom is 0.426 e. The van der Waals surface area contributed by atoms with Gasteiger partial charge in [0.05, 0.1) is 65.3 Å². The van der Waals surface area contributed by atoms with Crippen LogP contribution in [-0.4, -0.2) is 191 Å². The van der Waals surface area contributed by atoms with Crippen molar-refractivity contribution in [2.45, 2.75) is 137 Å². The SMILES string of the molecule is CCCOC(CC(C(C)C)N(CCC)C(=O)C(NC(=O)C1CCCCN1C)C(C)CC)c1nc(C(=O)NC(Cc2ccc(O)cc2)CC(C)C(=O)NNC(=O)OCCOCCOCCOCCNC(=O)CNC(=O)CNC(=O)CN)cs1. The molecule has 0 bridgehead atoms. The van der Waals surface area contributed by atoms with E-state index in [-0.39, 0.29) is 126 Å². The molecular formula is C56H93N11O14S. The van der Waals surface area contributed by atoms with Gasteiger partial charge in [-0.05, 0) is 81.6 Å². The summed E-state index contributed by atoms with van der Waals surface area (Å²) in [5, 5.41) is 25.7. The summed E-state index contributed by atoms with van der Waals surface area (Å²) < 4.78 is 27.9. The molecule has 1 fully saturated rings. The summed E-state index contributed by atoms with van der Waals surface area (Å²) in [5.74, 6) is -3.40. The number of nitrogens with zero attached hydrogens (tertiary/aromatic N) is 3. The van der Waals surface area contributed by atoms with Gasteiger partial charge in [-0.2, -0.15) is 0 Å². The Hall–Kier alpha value is -6.03. The quantitative estimate of drug-likeness (QED) is 0.0343. The Bertz CT molecular complexity index is 2260. The number of thiazole rings is 1. The summed E-state index contributed by atoms with van der Waals surface area (Å²) in [6, 6.07) is 4.68. The molecule has 8 amide bonds. The molecule has 3 rings (SSSR count). The molecule has 26 heteroatoms. The number of aromatic hydroxyl groups is 1. The van der Waals surface area contributed by atoms with Gasteiger partial charge in [0.15, 0.2) is 0 Å². The summed E-state index contributed by atoms with van der Waals surface area (Å²) in [7, 11) is 1.96. The van der Waals surface area contributed by atoms with Gasteiger partial charge < -0.3 is 66.0 Å². The molecule has 0 spiro atoms. The first-order valence-corrected chi connectivity index (χ1v) is 29.6. The predicted octanol–water partition coefficient (Wildman–Crippen LogP) is 2.47. The zero-order valence-corrected chi connectivity index (χ0v) is 50.2. The second kappa shape index (κ2) is 39.5.